The summed E-state index contributed by atoms with van der Waals surface area (Å²) < 4.78 is 10.7. The van der Waals surface area contributed by atoms with Crippen molar-refractivity contribution < 1.29 is 9.47 Å². The van der Waals surface area contributed by atoms with Crippen molar-refractivity contribution in [2.45, 2.75) is 11.8 Å². The van der Waals surface area contributed by atoms with E-state index in [4.69, 9.17) is 32.7 Å². The summed E-state index contributed by atoms with van der Waals surface area (Å²) in [6.45, 7) is 2.02. The molecule has 112 valence electrons. The topological polar surface area (TPSA) is 18.5 Å². The van der Waals surface area contributed by atoms with E-state index in [2.05, 4.69) is 15.9 Å². The summed E-state index contributed by atoms with van der Waals surface area (Å²) in [7, 11) is 3.24. The Bertz CT molecular complexity index is 659. The zero-order valence-electron chi connectivity index (χ0n) is 11.9. The molecule has 0 radical (unpaired) electrons. The summed E-state index contributed by atoms with van der Waals surface area (Å²) in [5.41, 5.74) is 3.04. The van der Waals surface area contributed by atoms with E-state index >= 15 is 0 Å². The van der Waals surface area contributed by atoms with Gasteiger partial charge < -0.3 is 9.47 Å². The Hall–Kier alpha value is -0.900. The molecule has 1 atom stereocenters. The van der Waals surface area contributed by atoms with Crippen LogP contribution in [0.2, 0.25) is 10.0 Å². The summed E-state index contributed by atoms with van der Waals surface area (Å²) in [4.78, 5) is -0.0801. The Kier molecular flexibility index (Phi) is 5.42. The van der Waals surface area contributed by atoms with Gasteiger partial charge in [-0.05, 0) is 41.8 Å². The lowest BCUT2D eigenvalue weighted by Crippen LogP contribution is -2.00. The Morgan fingerprint density at radius 1 is 1.00 bits per heavy atom. The standard InChI is InChI=1S/C16H15BrCl2O2/c1-9-7-13(20-2)14(21-3)8-11(9)15(17)10-5-4-6-12(18)16(10)19/h4-8,15H,1-3H3. The highest BCUT2D eigenvalue weighted by atomic mass is 79.9. The fourth-order valence-electron chi connectivity index (χ4n) is 2.15. The number of methoxy groups -OCH3 is 2. The fraction of sp³-hybridized carbons (Fsp3) is 0.250. The SMILES string of the molecule is COc1cc(C)c(C(Br)c2cccc(Cl)c2Cl)cc1OC. The lowest BCUT2D eigenvalue weighted by atomic mass is 9.99. The van der Waals surface area contributed by atoms with Gasteiger partial charge in [0, 0.05) is 0 Å². The monoisotopic (exact) mass is 388 g/mol. The van der Waals surface area contributed by atoms with Gasteiger partial charge in [-0.1, -0.05) is 51.3 Å². The minimum atomic E-state index is -0.0801. The van der Waals surface area contributed by atoms with Crippen LogP contribution in [0.3, 0.4) is 0 Å². The molecule has 0 aliphatic heterocycles. The van der Waals surface area contributed by atoms with E-state index in [0.717, 1.165) is 16.7 Å². The molecule has 2 nitrogen and oxygen atoms in total. The molecule has 0 aromatic heterocycles. The lowest BCUT2D eigenvalue weighted by molar-refractivity contribution is 0.354. The van der Waals surface area contributed by atoms with Crippen molar-refractivity contribution in [1.82, 2.24) is 0 Å². The lowest BCUT2D eigenvalue weighted by Gasteiger charge is -2.18. The number of aryl methyl sites for hydroxylation is 1. The Balaban J connectivity index is 2.53. The van der Waals surface area contributed by atoms with Crippen LogP contribution in [-0.4, -0.2) is 14.2 Å². The second-order valence-corrected chi connectivity index (χ2v) is 6.27. The van der Waals surface area contributed by atoms with Gasteiger partial charge >= 0.3 is 0 Å². The number of ether oxygens (including phenoxy) is 2. The van der Waals surface area contributed by atoms with E-state index in [9.17, 15) is 0 Å². The number of hydrogen-bond donors (Lipinski definition) is 0. The number of halogens is 3. The predicted molar refractivity (Wildman–Crippen MR) is 91.5 cm³/mol. The first-order valence-electron chi connectivity index (χ1n) is 6.30. The van der Waals surface area contributed by atoms with Crippen molar-refractivity contribution in [2.75, 3.05) is 14.2 Å². The molecule has 2 rings (SSSR count). The second-order valence-electron chi connectivity index (χ2n) is 4.57. The number of hydrogen-bond acceptors (Lipinski definition) is 2. The molecule has 0 spiro atoms. The fourth-order valence-corrected chi connectivity index (χ4v) is 3.58. The molecule has 0 fully saturated rings. The van der Waals surface area contributed by atoms with Crippen LogP contribution in [0, 0.1) is 6.92 Å². The van der Waals surface area contributed by atoms with Gasteiger partial charge in [-0.3, -0.25) is 0 Å². The minimum Gasteiger partial charge on any atom is -0.493 e. The molecule has 0 heterocycles. The molecule has 0 bridgehead atoms. The Morgan fingerprint density at radius 2 is 1.62 bits per heavy atom. The third kappa shape index (κ3) is 3.31. The van der Waals surface area contributed by atoms with Gasteiger partial charge in [-0.15, -0.1) is 0 Å². The van der Waals surface area contributed by atoms with Crippen LogP contribution in [0.25, 0.3) is 0 Å². The van der Waals surface area contributed by atoms with Gasteiger partial charge in [0.15, 0.2) is 11.5 Å². The first-order valence-corrected chi connectivity index (χ1v) is 7.97. The van der Waals surface area contributed by atoms with E-state index in [-0.39, 0.29) is 4.83 Å². The molecule has 21 heavy (non-hydrogen) atoms. The molecule has 5 heteroatoms. The van der Waals surface area contributed by atoms with Crippen LogP contribution in [0.15, 0.2) is 30.3 Å². The quantitative estimate of drug-likeness (QED) is 0.615. The molecule has 0 aliphatic rings. The van der Waals surface area contributed by atoms with Gasteiger partial charge in [0.1, 0.15) is 0 Å². The number of benzene rings is 2. The van der Waals surface area contributed by atoms with E-state index in [0.29, 0.717) is 21.5 Å². The van der Waals surface area contributed by atoms with Gasteiger partial charge in [-0.2, -0.15) is 0 Å². The Labute approximate surface area is 143 Å². The molecule has 2 aromatic rings. The molecule has 0 saturated carbocycles. The molecule has 0 N–H and O–H groups in total. The van der Waals surface area contributed by atoms with Gasteiger partial charge in [-0.25, -0.2) is 0 Å². The summed E-state index contributed by atoms with van der Waals surface area (Å²) >= 11 is 16.1. The van der Waals surface area contributed by atoms with Crippen molar-refractivity contribution >= 4 is 39.1 Å². The first-order chi connectivity index (χ1) is 9.99. The van der Waals surface area contributed by atoms with E-state index in [1.54, 1.807) is 20.3 Å². The van der Waals surface area contributed by atoms with Crippen LogP contribution in [0.1, 0.15) is 21.5 Å². The highest BCUT2D eigenvalue weighted by molar-refractivity contribution is 9.09. The molecular weight excluding hydrogens is 375 g/mol. The second kappa shape index (κ2) is 6.91. The molecule has 0 saturated heterocycles. The average molecular weight is 390 g/mol. The van der Waals surface area contributed by atoms with Crippen LogP contribution in [-0.2, 0) is 0 Å². The highest BCUT2D eigenvalue weighted by Gasteiger charge is 2.19. The van der Waals surface area contributed by atoms with Gasteiger partial charge in [0.05, 0.1) is 29.1 Å². The van der Waals surface area contributed by atoms with E-state index in [1.165, 1.54) is 0 Å². The van der Waals surface area contributed by atoms with Crippen molar-refractivity contribution in [2.24, 2.45) is 0 Å². The van der Waals surface area contributed by atoms with Crippen LogP contribution >= 0.6 is 39.1 Å². The summed E-state index contributed by atoms with van der Waals surface area (Å²) in [6.07, 6.45) is 0. The van der Waals surface area contributed by atoms with Gasteiger partial charge in [0.25, 0.3) is 0 Å². The third-order valence-corrected chi connectivity index (χ3v) is 5.12. The smallest absolute Gasteiger partial charge is 0.161 e. The summed E-state index contributed by atoms with van der Waals surface area (Å²) in [5.74, 6) is 1.39. The zero-order valence-corrected chi connectivity index (χ0v) is 15.0. The van der Waals surface area contributed by atoms with Crippen LogP contribution < -0.4 is 9.47 Å². The Morgan fingerprint density at radius 3 is 2.24 bits per heavy atom. The van der Waals surface area contributed by atoms with Crippen LogP contribution in [0.4, 0.5) is 0 Å². The van der Waals surface area contributed by atoms with E-state index < -0.39 is 0 Å². The maximum Gasteiger partial charge on any atom is 0.161 e. The molecular formula is C16H15BrCl2O2. The van der Waals surface area contributed by atoms with E-state index in [1.807, 2.05) is 31.2 Å². The minimum absolute atomic E-state index is 0.0801. The normalized spacial score (nSPS) is 12.1. The first kappa shape index (κ1) is 16.5. The zero-order chi connectivity index (χ0) is 15.6. The van der Waals surface area contributed by atoms with Crippen molar-refractivity contribution in [3.05, 3.63) is 57.1 Å². The van der Waals surface area contributed by atoms with Crippen molar-refractivity contribution in [3.8, 4) is 11.5 Å². The molecule has 0 amide bonds. The maximum atomic E-state index is 6.30. The summed E-state index contributed by atoms with van der Waals surface area (Å²) in [5, 5.41) is 1.09. The van der Waals surface area contributed by atoms with Gasteiger partial charge in [0.2, 0.25) is 0 Å². The number of rotatable bonds is 4. The summed E-state index contributed by atoms with van der Waals surface area (Å²) in [6, 6.07) is 9.50. The number of alkyl halides is 1. The van der Waals surface area contributed by atoms with Crippen molar-refractivity contribution in [3.63, 3.8) is 0 Å². The molecule has 1 unspecified atom stereocenters. The third-order valence-electron chi connectivity index (χ3n) is 3.30. The van der Waals surface area contributed by atoms with Crippen LogP contribution in [0.5, 0.6) is 11.5 Å². The maximum absolute atomic E-state index is 6.30. The molecule has 0 aliphatic carbocycles. The molecule has 2 aromatic carbocycles. The average Bonchev–Trinajstić information content (AvgIpc) is 2.49. The highest BCUT2D eigenvalue weighted by Crippen LogP contribution is 2.42. The largest absolute Gasteiger partial charge is 0.493 e. The van der Waals surface area contributed by atoms with Crippen molar-refractivity contribution in [1.29, 1.82) is 0 Å². The predicted octanol–water partition coefficient (Wildman–Crippen LogP) is 5.80.